The van der Waals surface area contributed by atoms with Gasteiger partial charge in [0.25, 0.3) is 17.9 Å². The summed E-state index contributed by atoms with van der Waals surface area (Å²) in [6.07, 6.45) is 2.33. The van der Waals surface area contributed by atoms with E-state index >= 15 is 0 Å². The number of fused-ring (bicyclic) bond motifs is 1. The Labute approximate surface area is 127 Å². The Morgan fingerprint density at radius 2 is 1.86 bits per heavy atom. The highest BCUT2D eigenvalue weighted by molar-refractivity contribution is 7.85. The van der Waals surface area contributed by atoms with Gasteiger partial charge in [0.1, 0.15) is 0 Å². The molecule has 0 radical (unpaired) electrons. The molecule has 124 valence electrons. The molecule has 2 aromatic rings. The monoisotopic (exact) mass is 352 g/mol. The fourth-order valence-electron chi connectivity index (χ4n) is 1.93. The number of hydrogen-bond acceptors (Lipinski definition) is 4. The van der Waals surface area contributed by atoms with Crippen LogP contribution in [-0.2, 0) is 28.3 Å². The topological polar surface area (TPSA) is 144 Å². The van der Waals surface area contributed by atoms with Crippen molar-refractivity contribution < 1.29 is 36.8 Å². The van der Waals surface area contributed by atoms with Crippen molar-refractivity contribution in [2.75, 3.05) is 5.75 Å². The molecule has 3 N–H and O–H groups in total. The lowest BCUT2D eigenvalue weighted by Gasteiger charge is -2.01. The maximum atomic E-state index is 10.6. The Balaban J connectivity index is 0.000000422. The molecule has 0 atom stereocenters. The molecular formula is C11H17N2O7PS. The van der Waals surface area contributed by atoms with E-state index in [1.807, 2.05) is 46.8 Å². The standard InChI is InChI=1S/C11H14N2O3S.H3O4P/c1-12-9-13(7-4-8-17(14,15)16)11-6-3-2-5-10(11)12;1-5(2,3)4/h2-3,5-6,9H,4,7-8H2,1H3;(H3,1,2,3,4). The summed E-state index contributed by atoms with van der Waals surface area (Å²) in [4.78, 5) is 22.9. The summed E-state index contributed by atoms with van der Waals surface area (Å²) in [5.74, 6) is -0.205. The number of hydrogen-bond donors (Lipinski definition) is 3. The second-order valence-electron chi connectivity index (χ2n) is 4.54. The third kappa shape index (κ3) is 7.12. The minimum Gasteiger partial charge on any atom is -0.756 e. The predicted molar refractivity (Wildman–Crippen MR) is 76.2 cm³/mol. The largest absolute Gasteiger partial charge is 0.756 e. The number of phosphoric acid groups is 1. The van der Waals surface area contributed by atoms with Crippen molar-refractivity contribution in [1.29, 1.82) is 0 Å². The van der Waals surface area contributed by atoms with Gasteiger partial charge in [0.2, 0.25) is 6.33 Å². The van der Waals surface area contributed by atoms with Gasteiger partial charge in [0.05, 0.1) is 19.3 Å². The highest BCUT2D eigenvalue weighted by Crippen LogP contribution is 2.19. The highest BCUT2D eigenvalue weighted by atomic mass is 32.2. The molecule has 0 saturated carbocycles. The van der Waals surface area contributed by atoms with E-state index in [-0.39, 0.29) is 5.75 Å². The zero-order valence-corrected chi connectivity index (χ0v) is 13.4. The summed E-state index contributed by atoms with van der Waals surface area (Å²) < 4.78 is 42.7. The fraction of sp³-hybridized carbons (Fsp3) is 0.364. The molecule has 0 spiro atoms. The first-order valence-corrected chi connectivity index (χ1v) is 9.26. The first-order chi connectivity index (χ1) is 9.97. The van der Waals surface area contributed by atoms with E-state index < -0.39 is 17.9 Å². The molecule has 0 aliphatic heterocycles. The van der Waals surface area contributed by atoms with E-state index in [4.69, 9.17) is 23.8 Å². The third-order valence-electron chi connectivity index (χ3n) is 2.69. The first kappa shape index (κ1) is 18.8. The molecule has 0 aliphatic carbocycles. The van der Waals surface area contributed by atoms with Gasteiger partial charge in [-0.1, -0.05) is 12.1 Å². The Morgan fingerprint density at radius 3 is 2.41 bits per heavy atom. The minimum absolute atomic E-state index is 0.205. The number of rotatable bonds is 4. The number of nitrogens with zero attached hydrogens (tertiary/aromatic N) is 2. The lowest BCUT2D eigenvalue weighted by Crippen LogP contribution is -2.25. The maximum absolute atomic E-state index is 10.6. The fourth-order valence-corrected chi connectivity index (χ4v) is 2.43. The molecule has 11 heteroatoms. The van der Waals surface area contributed by atoms with Gasteiger partial charge < -0.3 is 14.7 Å². The summed E-state index contributed by atoms with van der Waals surface area (Å²) in [6, 6.07) is 7.91. The highest BCUT2D eigenvalue weighted by Gasteiger charge is 2.13. The van der Waals surface area contributed by atoms with Crippen molar-refractivity contribution >= 4 is 29.0 Å². The summed E-state index contributed by atoms with van der Waals surface area (Å²) >= 11 is 0. The normalized spacial score (nSPS) is 12.0. The third-order valence-corrected chi connectivity index (χ3v) is 3.49. The molecule has 0 bridgehead atoms. The molecule has 1 aromatic carbocycles. The zero-order valence-electron chi connectivity index (χ0n) is 11.7. The van der Waals surface area contributed by atoms with E-state index in [1.54, 1.807) is 0 Å². The molecular weight excluding hydrogens is 335 g/mol. The molecule has 0 saturated heterocycles. The quantitative estimate of drug-likeness (QED) is 0.370. The van der Waals surface area contributed by atoms with Crippen molar-refractivity contribution in [2.45, 2.75) is 13.0 Å². The Kier molecular flexibility index (Phi) is 6.24. The zero-order chi connectivity index (χ0) is 17.0. The summed E-state index contributed by atoms with van der Waals surface area (Å²) in [6.45, 7) is 0.571. The number of aromatic nitrogens is 2. The van der Waals surface area contributed by atoms with E-state index in [0.29, 0.717) is 13.0 Å². The van der Waals surface area contributed by atoms with E-state index in [2.05, 4.69) is 0 Å². The molecule has 22 heavy (non-hydrogen) atoms. The summed E-state index contributed by atoms with van der Waals surface area (Å²) in [7, 11) is -6.80. The van der Waals surface area contributed by atoms with Crippen LogP contribution < -0.4 is 9.46 Å². The smallest absolute Gasteiger partial charge is 0.265 e. The van der Waals surface area contributed by atoms with Crippen LogP contribution in [0, 0.1) is 0 Å². The number of imidazole rings is 1. The number of benzene rings is 1. The van der Waals surface area contributed by atoms with Gasteiger partial charge in [-0.3, -0.25) is 9.12 Å². The van der Waals surface area contributed by atoms with Crippen LogP contribution in [0.25, 0.3) is 11.0 Å². The van der Waals surface area contributed by atoms with Gasteiger partial charge in [0.15, 0.2) is 11.0 Å². The van der Waals surface area contributed by atoms with Crippen LogP contribution in [0.15, 0.2) is 30.6 Å². The van der Waals surface area contributed by atoms with Crippen LogP contribution in [0.3, 0.4) is 0 Å². The summed E-state index contributed by atoms with van der Waals surface area (Å²) in [5.41, 5.74) is 2.16. The molecule has 0 aliphatic rings. The van der Waals surface area contributed by atoms with E-state index in [9.17, 15) is 8.42 Å². The number of para-hydroxylation sites is 2. The molecule has 0 unspecified atom stereocenters. The second-order valence-corrected chi connectivity index (χ2v) is 7.09. The van der Waals surface area contributed by atoms with E-state index in [0.717, 1.165) is 11.0 Å². The first-order valence-electron chi connectivity index (χ1n) is 6.12. The molecule has 2 rings (SSSR count). The second kappa shape index (κ2) is 7.32. The van der Waals surface area contributed by atoms with Gasteiger partial charge in [-0.05, 0) is 12.1 Å². The van der Waals surface area contributed by atoms with Crippen LogP contribution in [0.4, 0.5) is 0 Å². The molecule has 1 aromatic heterocycles. The van der Waals surface area contributed by atoms with Crippen molar-refractivity contribution in [1.82, 2.24) is 4.57 Å². The SMILES string of the molecule is C[n+]1cn(CCCS(=O)(=O)O)c2ccccc21.O=P([O-])(O)O. The van der Waals surface area contributed by atoms with Gasteiger partial charge >= 0.3 is 0 Å². The lowest BCUT2D eigenvalue weighted by molar-refractivity contribution is -0.645. The van der Waals surface area contributed by atoms with Crippen LogP contribution in [0.2, 0.25) is 0 Å². The molecule has 9 nitrogen and oxygen atoms in total. The Bertz CT molecular complexity index is 773. The number of aryl methyl sites for hydroxylation is 2. The van der Waals surface area contributed by atoms with Crippen LogP contribution in [0.1, 0.15) is 6.42 Å². The molecule has 0 amide bonds. The Morgan fingerprint density at radius 1 is 1.32 bits per heavy atom. The predicted octanol–water partition coefficient (Wildman–Crippen LogP) is -0.817. The molecule has 0 fully saturated rings. The van der Waals surface area contributed by atoms with Gasteiger partial charge in [-0.2, -0.15) is 8.42 Å². The molecule has 1 heterocycles. The Hall–Kier alpha value is -1.29. The van der Waals surface area contributed by atoms with Crippen molar-refractivity contribution in [3.63, 3.8) is 0 Å². The van der Waals surface area contributed by atoms with Gasteiger partial charge in [-0.25, -0.2) is 9.13 Å². The average Bonchev–Trinajstić information content (AvgIpc) is 2.64. The maximum Gasteiger partial charge on any atom is 0.265 e. The van der Waals surface area contributed by atoms with Crippen molar-refractivity contribution in [3.05, 3.63) is 30.6 Å². The van der Waals surface area contributed by atoms with Crippen LogP contribution in [-0.4, -0.2) is 33.1 Å². The van der Waals surface area contributed by atoms with Gasteiger partial charge in [0, 0.05) is 6.42 Å². The summed E-state index contributed by atoms with van der Waals surface area (Å²) in [5, 5.41) is 0. The van der Waals surface area contributed by atoms with E-state index in [1.165, 1.54) is 0 Å². The average molecular weight is 352 g/mol. The van der Waals surface area contributed by atoms with Crippen molar-refractivity contribution in [3.8, 4) is 0 Å². The minimum atomic E-state index is -4.89. The van der Waals surface area contributed by atoms with Crippen LogP contribution >= 0.6 is 7.82 Å². The van der Waals surface area contributed by atoms with Crippen molar-refractivity contribution in [2.24, 2.45) is 7.05 Å². The van der Waals surface area contributed by atoms with Crippen LogP contribution in [0.5, 0.6) is 0 Å². The van der Waals surface area contributed by atoms with Gasteiger partial charge in [-0.15, -0.1) is 0 Å². The lowest BCUT2D eigenvalue weighted by atomic mass is 10.3.